The number of likely N-dealkylation sites (tertiary alicyclic amines) is 1. The third-order valence-electron chi connectivity index (χ3n) is 3.88. The van der Waals surface area contributed by atoms with E-state index in [1.54, 1.807) is 10.9 Å². The van der Waals surface area contributed by atoms with Crippen molar-refractivity contribution in [3.05, 3.63) is 12.4 Å². The monoisotopic (exact) mass is 278 g/mol. The van der Waals surface area contributed by atoms with Crippen LogP contribution in [0.3, 0.4) is 0 Å². The number of piperidine rings is 1. The first-order chi connectivity index (χ1) is 9.29. The number of aryl methyl sites for hydroxylation is 1. The summed E-state index contributed by atoms with van der Waals surface area (Å²) in [5, 5.41) is 4.22. The van der Waals surface area contributed by atoms with Gasteiger partial charge in [-0.2, -0.15) is 5.10 Å². The summed E-state index contributed by atoms with van der Waals surface area (Å²) in [4.78, 5) is 17.1. The molecule has 1 fully saturated rings. The number of rotatable bonds is 2. The molecule has 0 radical (unpaired) electrons. The van der Waals surface area contributed by atoms with Crippen molar-refractivity contribution in [2.24, 2.45) is 12.5 Å². The van der Waals surface area contributed by atoms with Crippen LogP contribution in [0.25, 0.3) is 0 Å². The van der Waals surface area contributed by atoms with Crippen molar-refractivity contribution in [3.8, 4) is 0 Å². The molecular formula is C15H26N4O. The van der Waals surface area contributed by atoms with Gasteiger partial charge in [-0.05, 0) is 33.0 Å². The Labute approximate surface area is 121 Å². The molecule has 5 nitrogen and oxygen atoms in total. The fourth-order valence-electron chi connectivity index (χ4n) is 2.64. The maximum absolute atomic E-state index is 12.8. The molecule has 5 heteroatoms. The normalized spacial score (nSPS) is 18.2. The summed E-state index contributed by atoms with van der Waals surface area (Å²) < 4.78 is 1.76. The van der Waals surface area contributed by atoms with Crippen LogP contribution in [0.2, 0.25) is 0 Å². The lowest BCUT2D eigenvalue weighted by molar-refractivity contribution is -0.126. The third-order valence-corrected chi connectivity index (χ3v) is 3.88. The van der Waals surface area contributed by atoms with Gasteiger partial charge in [0.05, 0.1) is 11.9 Å². The lowest BCUT2D eigenvalue weighted by Crippen LogP contribution is -2.50. The molecule has 0 N–H and O–H groups in total. The van der Waals surface area contributed by atoms with E-state index in [-0.39, 0.29) is 17.4 Å². The van der Waals surface area contributed by atoms with Crippen LogP contribution >= 0.6 is 0 Å². The van der Waals surface area contributed by atoms with Crippen molar-refractivity contribution in [2.45, 2.75) is 39.7 Å². The fraction of sp³-hybridized carbons (Fsp3) is 0.733. The Morgan fingerprint density at radius 3 is 2.35 bits per heavy atom. The minimum Gasteiger partial charge on any atom is -0.306 e. The van der Waals surface area contributed by atoms with Gasteiger partial charge in [0.2, 0.25) is 5.91 Å². The van der Waals surface area contributed by atoms with Crippen molar-refractivity contribution in [1.82, 2.24) is 14.7 Å². The fourth-order valence-corrected chi connectivity index (χ4v) is 2.64. The second-order valence-corrected chi connectivity index (χ2v) is 6.83. The second kappa shape index (κ2) is 5.56. The number of carbonyl (C=O) groups is 1. The van der Waals surface area contributed by atoms with E-state index < -0.39 is 0 Å². The first kappa shape index (κ1) is 15.0. The summed E-state index contributed by atoms with van der Waals surface area (Å²) in [5.41, 5.74) is 0.543. The van der Waals surface area contributed by atoms with Gasteiger partial charge in [-0.25, -0.2) is 0 Å². The summed E-state index contributed by atoms with van der Waals surface area (Å²) in [6.07, 6.45) is 5.77. The van der Waals surface area contributed by atoms with Gasteiger partial charge < -0.3 is 9.80 Å². The van der Waals surface area contributed by atoms with E-state index >= 15 is 0 Å². The Balaban J connectivity index is 2.27. The maximum atomic E-state index is 12.8. The molecular weight excluding hydrogens is 252 g/mol. The van der Waals surface area contributed by atoms with E-state index in [1.807, 2.05) is 38.9 Å². The summed E-state index contributed by atoms with van der Waals surface area (Å²) in [6.45, 7) is 8.02. The minimum atomic E-state index is -0.376. The standard InChI is InChI=1S/C15H26N4O/c1-15(2,3)14(20)19(13-10-16-18(5)11-13)12-6-8-17(4)9-7-12/h10-12H,6-9H2,1-5H3. The SMILES string of the molecule is CN1CCC(N(C(=O)C(C)(C)C)c2cnn(C)c2)CC1. The molecule has 0 saturated carbocycles. The second-order valence-electron chi connectivity index (χ2n) is 6.83. The Hall–Kier alpha value is -1.36. The van der Waals surface area contributed by atoms with Gasteiger partial charge in [0, 0.05) is 24.7 Å². The zero-order valence-corrected chi connectivity index (χ0v) is 13.3. The predicted octanol–water partition coefficient (Wildman–Crippen LogP) is 1.89. The topological polar surface area (TPSA) is 41.4 Å². The van der Waals surface area contributed by atoms with Crippen LogP contribution in [0.5, 0.6) is 0 Å². The number of anilines is 1. The van der Waals surface area contributed by atoms with Crippen LogP contribution in [0.15, 0.2) is 12.4 Å². The molecule has 0 aliphatic carbocycles. The van der Waals surface area contributed by atoms with E-state index in [4.69, 9.17) is 0 Å². The van der Waals surface area contributed by atoms with Gasteiger partial charge in [0.15, 0.2) is 0 Å². The van der Waals surface area contributed by atoms with Crippen molar-refractivity contribution >= 4 is 11.6 Å². The van der Waals surface area contributed by atoms with E-state index in [1.165, 1.54) is 0 Å². The number of carbonyl (C=O) groups excluding carboxylic acids is 1. The predicted molar refractivity (Wildman–Crippen MR) is 80.7 cm³/mol. The third kappa shape index (κ3) is 3.20. The van der Waals surface area contributed by atoms with E-state index in [2.05, 4.69) is 17.0 Å². The molecule has 2 heterocycles. The van der Waals surface area contributed by atoms with Crippen LogP contribution in [0, 0.1) is 5.41 Å². The molecule has 1 aromatic rings. The van der Waals surface area contributed by atoms with Crippen molar-refractivity contribution in [3.63, 3.8) is 0 Å². The van der Waals surface area contributed by atoms with Gasteiger partial charge in [0.25, 0.3) is 0 Å². The molecule has 0 bridgehead atoms. The highest BCUT2D eigenvalue weighted by Gasteiger charge is 2.34. The van der Waals surface area contributed by atoms with Gasteiger partial charge in [-0.3, -0.25) is 9.48 Å². The highest BCUT2D eigenvalue weighted by atomic mass is 16.2. The number of amides is 1. The van der Waals surface area contributed by atoms with E-state index in [9.17, 15) is 4.79 Å². The molecule has 0 aromatic carbocycles. The quantitative estimate of drug-likeness (QED) is 0.829. The number of aromatic nitrogens is 2. The van der Waals surface area contributed by atoms with Gasteiger partial charge in [0.1, 0.15) is 0 Å². The maximum Gasteiger partial charge on any atom is 0.232 e. The molecule has 1 aliphatic heterocycles. The molecule has 1 aliphatic rings. The van der Waals surface area contributed by atoms with Crippen molar-refractivity contribution in [2.75, 3.05) is 25.0 Å². The number of hydrogen-bond donors (Lipinski definition) is 0. The molecule has 0 atom stereocenters. The summed E-state index contributed by atoms with van der Waals surface area (Å²) in [7, 11) is 4.02. The highest BCUT2D eigenvalue weighted by Crippen LogP contribution is 2.28. The van der Waals surface area contributed by atoms with E-state index in [0.29, 0.717) is 0 Å². The summed E-state index contributed by atoms with van der Waals surface area (Å²) in [5.74, 6) is 0.181. The smallest absolute Gasteiger partial charge is 0.232 e. The molecule has 0 unspecified atom stereocenters. The van der Waals surface area contributed by atoms with Crippen LogP contribution in [-0.2, 0) is 11.8 Å². The molecule has 1 amide bonds. The Morgan fingerprint density at radius 2 is 1.90 bits per heavy atom. The van der Waals surface area contributed by atoms with E-state index in [0.717, 1.165) is 31.6 Å². The molecule has 112 valence electrons. The zero-order chi connectivity index (χ0) is 14.9. The Kier molecular flexibility index (Phi) is 4.18. The molecule has 1 saturated heterocycles. The van der Waals surface area contributed by atoms with Crippen LogP contribution in [-0.4, -0.2) is 46.8 Å². The van der Waals surface area contributed by atoms with Crippen LogP contribution in [0.4, 0.5) is 5.69 Å². The van der Waals surface area contributed by atoms with Gasteiger partial charge in [-0.15, -0.1) is 0 Å². The van der Waals surface area contributed by atoms with Crippen LogP contribution < -0.4 is 4.90 Å². The van der Waals surface area contributed by atoms with Gasteiger partial charge in [-0.1, -0.05) is 20.8 Å². The largest absolute Gasteiger partial charge is 0.306 e. The average Bonchev–Trinajstić information content (AvgIpc) is 2.77. The molecule has 1 aromatic heterocycles. The Morgan fingerprint density at radius 1 is 1.30 bits per heavy atom. The lowest BCUT2D eigenvalue weighted by Gasteiger charge is -2.39. The molecule has 20 heavy (non-hydrogen) atoms. The summed E-state index contributed by atoms with van der Waals surface area (Å²) in [6, 6.07) is 0.280. The molecule has 2 rings (SSSR count). The Bertz CT molecular complexity index is 466. The van der Waals surface area contributed by atoms with Crippen molar-refractivity contribution < 1.29 is 4.79 Å². The van der Waals surface area contributed by atoms with Crippen LogP contribution in [0.1, 0.15) is 33.6 Å². The average molecular weight is 278 g/mol. The summed E-state index contributed by atoms with van der Waals surface area (Å²) >= 11 is 0. The highest BCUT2D eigenvalue weighted by molar-refractivity contribution is 5.97. The lowest BCUT2D eigenvalue weighted by atomic mass is 9.92. The zero-order valence-electron chi connectivity index (χ0n) is 13.3. The first-order valence-corrected chi connectivity index (χ1v) is 7.30. The number of nitrogens with zero attached hydrogens (tertiary/aromatic N) is 4. The number of hydrogen-bond acceptors (Lipinski definition) is 3. The molecule has 0 spiro atoms. The first-order valence-electron chi connectivity index (χ1n) is 7.30. The minimum absolute atomic E-state index is 0.181. The van der Waals surface area contributed by atoms with Gasteiger partial charge >= 0.3 is 0 Å². The van der Waals surface area contributed by atoms with Crippen molar-refractivity contribution in [1.29, 1.82) is 0 Å².